The van der Waals surface area contributed by atoms with Crippen LogP contribution in [0, 0.1) is 0 Å². The van der Waals surface area contributed by atoms with Gasteiger partial charge in [0.25, 0.3) is 0 Å². The van der Waals surface area contributed by atoms with Crippen molar-refractivity contribution in [2.75, 3.05) is 18.1 Å². The first-order valence-corrected chi connectivity index (χ1v) is 4.79. The predicted octanol–water partition coefficient (Wildman–Crippen LogP) is 0.298. The monoisotopic (exact) mass is 146 g/mol. The van der Waals surface area contributed by atoms with Crippen LogP contribution in [0.1, 0.15) is 12.8 Å². The molecule has 0 radical (unpaired) electrons. The molecule has 2 rings (SSSR count). The standard InChI is InChI=1S/C6H10O2S/c7-9-4-6(5-9)2-1-3-8-6/h1-5H2. The molecule has 9 heavy (non-hydrogen) atoms. The van der Waals surface area contributed by atoms with Gasteiger partial charge in [0.05, 0.1) is 0 Å². The molecule has 1 spiro atoms. The van der Waals surface area contributed by atoms with Crippen LogP contribution < -0.4 is 0 Å². The maximum Gasteiger partial charge on any atom is 0.157 e. The Labute approximate surface area is 57.8 Å². The highest BCUT2D eigenvalue weighted by atomic mass is 32.2. The zero-order valence-corrected chi connectivity index (χ0v) is 6.08. The van der Waals surface area contributed by atoms with Gasteiger partial charge in [-0.25, -0.2) is 0 Å². The zero-order valence-electron chi connectivity index (χ0n) is 5.26. The summed E-state index contributed by atoms with van der Waals surface area (Å²) in [5.41, 5.74) is 0.0882. The number of hydrogen-bond acceptors (Lipinski definition) is 2. The lowest BCUT2D eigenvalue weighted by molar-refractivity contribution is 0.0299. The van der Waals surface area contributed by atoms with Crippen LogP contribution >= 0.6 is 0 Å². The molecular formula is C6H10O2S. The lowest BCUT2D eigenvalue weighted by atomic mass is 10.1. The molecule has 2 saturated heterocycles. The van der Waals surface area contributed by atoms with E-state index in [2.05, 4.69) is 0 Å². The van der Waals surface area contributed by atoms with E-state index in [-0.39, 0.29) is 5.60 Å². The van der Waals surface area contributed by atoms with Gasteiger partial charge >= 0.3 is 0 Å². The van der Waals surface area contributed by atoms with Crippen molar-refractivity contribution < 1.29 is 9.29 Å². The molecule has 2 heterocycles. The minimum absolute atomic E-state index is 0.0882. The Morgan fingerprint density at radius 2 is 2.22 bits per heavy atom. The molecule has 0 bridgehead atoms. The molecule has 2 aliphatic heterocycles. The summed E-state index contributed by atoms with van der Waals surface area (Å²) in [5.74, 6) is 1.60. The molecule has 0 atom stereocenters. The SMILES string of the molecule is [O-][S+]1CC2(CCCO2)C1. The summed E-state index contributed by atoms with van der Waals surface area (Å²) in [7, 11) is 0. The van der Waals surface area contributed by atoms with Gasteiger partial charge in [-0.2, -0.15) is 0 Å². The Balaban J connectivity index is 1.95. The maximum atomic E-state index is 10.7. The first kappa shape index (κ1) is 6.01. The van der Waals surface area contributed by atoms with E-state index in [9.17, 15) is 4.55 Å². The molecule has 0 unspecified atom stereocenters. The van der Waals surface area contributed by atoms with Crippen LogP contribution in [0.25, 0.3) is 0 Å². The van der Waals surface area contributed by atoms with E-state index in [0.717, 1.165) is 31.0 Å². The third-order valence-electron chi connectivity index (χ3n) is 2.03. The third-order valence-corrected chi connectivity index (χ3v) is 3.73. The van der Waals surface area contributed by atoms with Gasteiger partial charge in [0.15, 0.2) is 5.60 Å². The Kier molecular flexibility index (Phi) is 1.25. The topological polar surface area (TPSA) is 32.3 Å². The van der Waals surface area contributed by atoms with Gasteiger partial charge in [0.1, 0.15) is 11.5 Å². The highest BCUT2D eigenvalue weighted by molar-refractivity contribution is 7.93. The van der Waals surface area contributed by atoms with Crippen molar-refractivity contribution in [3.63, 3.8) is 0 Å². The molecule has 2 fully saturated rings. The van der Waals surface area contributed by atoms with Crippen molar-refractivity contribution in [2.24, 2.45) is 0 Å². The minimum Gasteiger partial charge on any atom is -0.616 e. The average molecular weight is 146 g/mol. The maximum absolute atomic E-state index is 10.7. The summed E-state index contributed by atoms with van der Waals surface area (Å²) >= 11 is -0.546. The zero-order chi connectivity index (χ0) is 6.32. The normalized spacial score (nSPS) is 49.7. The fourth-order valence-electron chi connectivity index (χ4n) is 1.53. The highest BCUT2D eigenvalue weighted by Gasteiger charge is 2.51. The molecule has 0 aromatic heterocycles. The Bertz CT molecular complexity index is 112. The second-order valence-corrected chi connectivity index (χ2v) is 4.32. The minimum atomic E-state index is -0.546. The molecular weight excluding hydrogens is 136 g/mol. The highest BCUT2D eigenvalue weighted by Crippen LogP contribution is 2.36. The van der Waals surface area contributed by atoms with Gasteiger partial charge in [-0.05, 0) is 24.0 Å². The summed E-state index contributed by atoms with van der Waals surface area (Å²) in [4.78, 5) is 0. The first-order valence-electron chi connectivity index (χ1n) is 3.30. The van der Waals surface area contributed by atoms with Crippen molar-refractivity contribution >= 4 is 11.2 Å². The van der Waals surface area contributed by atoms with Crippen LogP contribution in [0.15, 0.2) is 0 Å². The molecule has 0 saturated carbocycles. The van der Waals surface area contributed by atoms with Gasteiger partial charge in [-0.15, -0.1) is 0 Å². The van der Waals surface area contributed by atoms with Gasteiger partial charge in [0.2, 0.25) is 0 Å². The van der Waals surface area contributed by atoms with Crippen LogP contribution in [0.4, 0.5) is 0 Å². The average Bonchev–Trinajstić information content (AvgIpc) is 2.12. The van der Waals surface area contributed by atoms with Crippen molar-refractivity contribution in [3.05, 3.63) is 0 Å². The molecule has 0 aliphatic carbocycles. The number of ether oxygens (including phenoxy) is 1. The van der Waals surface area contributed by atoms with E-state index in [4.69, 9.17) is 4.74 Å². The van der Waals surface area contributed by atoms with Crippen LogP contribution in [0.3, 0.4) is 0 Å². The molecule has 0 N–H and O–H groups in total. The van der Waals surface area contributed by atoms with Gasteiger partial charge in [-0.1, -0.05) is 0 Å². The molecule has 2 aliphatic rings. The second kappa shape index (κ2) is 1.87. The first-order chi connectivity index (χ1) is 4.31. The second-order valence-electron chi connectivity index (χ2n) is 2.86. The van der Waals surface area contributed by atoms with Crippen molar-refractivity contribution in [1.82, 2.24) is 0 Å². The lowest BCUT2D eigenvalue weighted by Crippen LogP contribution is -2.54. The van der Waals surface area contributed by atoms with Crippen LogP contribution in [0.5, 0.6) is 0 Å². The fourth-order valence-corrected chi connectivity index (χ4v) is 3.07. The van der Waals surface area contributed by atoms with Crippen molar-refractivity contribution in [3.8, 4) is 0 Å². The smallest absolute Gasteiger partial charge is 0.157 e. The van der Waals surface area contributed by atoms with E-state index in [1.807, 2.05) is 0 Å². The molecule has 3 heteroatoms. The fraction of sp³-hybridized carbons (Fsp3) is 1.00. The number of hydrogen-bond donors (Lipinski definition) is 0. The van der Waals surface area contributed by atoms with E-state index >= 15 is 0 Å². The lowest BCUT2D eigenvalue weighted by Gasteiger charge is -2.37. The van der Waals surface area contributed by atoms with E-state index in [1.54, 1.807) is 0 Å². The predicted molar refractivity (Wildman–Crippen MR) is 35.8 cm³/mol. The van der Waals surface area contributed by atoms with E-state index < -0.39 is 11.2 Å². The van der Waals surface area contributed by atoms with Crippen LogP contribution in [0.2, 0.25) is 0 Å². The Morgan fingerprint density at radius 1 is 1.44 bits per heavy atom. The summed E-state index contributed by atoms with van der Waals surface area (Å²) in [6.07, 6.45) is 2.30. The van der Waals surface area contributed by atoms with Crippen LogP contribution in [-0.4, -0.2) is 28.3 Å². The van der Waals surface area contributed by atoms with E-state index in [1.165, 1.54) is 0 Å². The van der Waals surface area contributed by atoms with Crippen molar-refractivity contribution in [1.29, 1.82) is 0 Å². The summed E-state index contributed by atoms with van der Waals surface area (Å²) < 4.78 is 16.1. The molecule has 0 aromatic carbocycles. The molecule has 2 nitrogen and oxygen atoms in total. The molecule has 0 amide bonds. The van der Waals surface area contributed by atoms with Crippen molar-refractivity contribution in [2.45, 2.75) is 18.4 Å². The molecule has 0 aromatic rings. The summed E-state index contributed by atoms with van der Waals surface area (Å²) in [6.45, 7) is 0.886. The van der Waals surface area contributed by atoms with E-state index in [0.29, 0.717) is 0 Å². The van der Waals surface area contributed by atoms with Crippen LogP contribution in [-0.2, 0) is 15.9 Å². The summed E-state index contributed by atoms with van der Waals surface area (Å²) in [5, 5.41) is 0. The van der Waals surface area contributed by atoms with Gasteiger partial charge < -0.3 is 9.29 Å². The third kappa shape index (κ3) is 0.876. The number of rotatable bonds is 0. The largest absolute Gasteiger partial charge is 0.616 e. The molecule has 52 valence electrons. The summed E-state index contributed by atoms with van der Waals surface area (Å²) in [6, 6.07) is 0. The van der Waals surface area contributed by atoms with Gasteiger partial charge in [-0.3, -0.25) is 0 Å². The Morgan fingerprint density at radius 3 is 2.67 bits per heavy atom. The quantitative estimate of drug-likeness (QED) is 0.460. The van der Waals surface area contributed by atoms with Gasteiger partial charge in [0, 0.05) is 6.61 Å². The Hall–Kier alpha value is 0.270.